The number of fused-ring (bicyclic) bond motifs is 1. The molecule has 1 atom stereocenters. The highest BCUT2D eigenvalue weighted by molar-refractivity contribution is 7.15. The highest BCUT2D eigenvalue weighted by Gasteiger charge is 2.07. The van der Waals surface area contributed by atoms with Gasteiger partial charge < -0.3 is 10.8 Å². The summed E-state index contributed by atoms with van der Waals surface area (Å²) in [6, 6.07) is 0. The highest BCUT2D eigenvalue weighted by atomic mass is 32.1. The molecule has 0 spiro atoms. The van der Waals surface area contributed by atoms with Crippen LogP contribution in [0.1, 0.15) is 5.69 Å². The second kappa shape index (κ2) is 3.45. The standard InChI is InChI=1S/C8H11N3OS/c9-4-7(12)3-6-5-11-1-2-13-8(11)10-6/h1-2,5,7,12H,3-4,9H2. The molecule has 3 N–H and O–H groups in total. The minimum Gasteiger partial charge on any atom is -0.391 e. The number of hydrogen-bond acceptors (Lipinski definition) is 4. The van der Waals surface area contributed by atoms with Gasteiger partial charge in [0.2, 0.25) is 0 Å². The maximum atomic E-state index is 9.30. The summed E-state index contributed by atoms with van der Waals surface area (Å²) in [5, 5.41) is 11.3. The number of nitrogens with two attached hydrogens (primary N) is 1. The van der Waals surface area contributed by atoms with Crippen molar-refractivity contribution in [1.29, 1.82) is 0 Å². The van der Waals surface area contributed by atoms with Gasteiger partial charge in [-0.1, -0.05) is 0 Å². The normalized spacial score (nSPS) is 13.7. The number of aliphatic hydroxyl groups excluding tert-OH is 1. The average Bonchev–Trinajstić information content (AvgIpc) is 2.63. The summed E-state index contributed by atoms with van der Waals surface area (Å²) in [5.74, 6) is 0. The van der Waals surface area contributed by atoms with Crippen molar-refractivity contribution >= 4 is 16.3 Å². The molecule has 0 bridgehead atoms. The Morgan fingerprint density at radius 1 is 1.69 bits per heavy atom. The molecule has 4 nitrogen and oxygen atoms in total. The largest absolute Gasteiger partial charge is 0.391 e. The van der Waals surface area contributed by atoms with Crippen molar-refractivity contribution in [3.05, 3.63) is 23.5 Å². The van der Waals surface area contributed by atoms with Crippen LogP contribution in [0.3, 0.4) is 0 Å². The summed E-state index contributed by atoms with van der Waals surface area (Å²) < 4.78 is 1.95. The second-order valence-corrected chi connectivity index (χ2v) is 3.79. The molecule has 0 aromatic carbocycles. The van der Waals surface area contributed by atoms with Crippen LogP contribution < -0.4 is 5.73 Å². The first kappa shape index (κ1) is 8.68. The minimum atomic E-state index is -0.482. The molecule has 0 aliphatic heterocycles. The van der Waals surface area contributed by atoms with E-state index in [4.69, 9.17) is 5.73 Å². The van der Waals surface area contributed by atoms with E-state index in [0.29, 0.717) is 6.42 Å². The van der Waals surface area contributed by atoms with Gasteiger partial charge in [-0.15, -0.1) is 11.3 Å². The van der Waals surface area contributed by atoms with E-state index in [1.54, 1.807) is 11.3 Å². The number of rotatable bonds is 3. The predicted molar refractivity (Wildman–Crippen MR) is 51.8 cm³/mol. The molecule has 0 saturated heterocycles. The number of aromatic nitrogens is 2. The molecule has 0 radical (unpaired) electrons. The van der Waals surface area contributed by atoms with Crippen molar-refractivity contribution in [3.63, 3.8) is 0 Å². The van der Waals surface area contributed by atoms with Gasteiger partial charge in [0.1, 0.15) is 0 Å². The molecule has 70 valence electrons. The zero-order chi connectivity index (χ0) is 9.26. The lowest BCUT2D eigenvalue weighted by Gasteiger charge is -2.02. The molecule has 2 heterocycles. The first-order valence-electron chi connectivity index (χ1n) is 4.09. The van der Waals surface area contributed by atoms with Gasteiger partial charge in [0.25, 0.3) is 0 Å². The summed E-state index contributed by atoms with van der Waals surface area (Å²) in [7, 11) is 0. The smallest absolute Gasteiger partial charge is 0.193 e. The van der Waals surface area contributed by atoms with Crippen molar-refractivity contribution in [2.24, 2.45) is 5.73 Å². The van der Waals surface area contributed by atoms with E-state index in [1.807, 2.05) is 22.2 Å². The average molecular weight is 197 g/mol. The number of hydrogen-bond donors (Lipinski definition) is 2. The van der Waals surface area contributed by atoms with Gasteiger partial charge in [-0.05, 0) is 0 Å². The van der Waals surface area contributed by atoms with Crippen LogP contribution in [0.2, 0.25) is 0 Å². The van der Waals surface area contributed by atoms with E-state index in [1.165, 1.54) is 0 Å². The van der Waals surface area contributed by atoms with Crippen LogP contribution in [0, 0.1) is 0 Å². The van der Waals surface area contributed by atoms with E-state index in [0.717, 1.165) is 10.7 Å². The molecule has 0 fully saturated rings. The maximum absolute atomic E-state index is 9.30. The summed E-state index contributed by atoms with van der Waals surface area (Å²) in [4.78, 5) is 5.28. The Kier molecular flexibility index (Phi) is 2.30. The molecule has 0 saturated carbocycles. The van der Waals surface area contributed by atoms with Crippen LogP contribution in [-0.2, 0) is 6.42 Å². The minimum absolute atomic E-state index is 0.283. The van der Waals surface area contributed by atoms with Gasteiger partial charge in [-0.3, -0.25) is 4.40 Å². The van der Waals surface area contributed by atoms with Crippen molar-refractivity contribution in [2.75, 3.05) is 6.54 Å². The molecule has 0 aliphatic rings. The Labute approximate surface area is 79.6 Å². The third kappa shape index (κ3) is 1.72. The van der Waals surface area contributed by atoms with Crippen LogP contribution in [0.25, 0.3) is 4.96 Å². The van der Waals surface area contributed by atoms with Crippen LogP contribution in [0.15, 0.2) is 17.8 Å². The van der Waals surface area contributed by atoms with Gasteiger partial charge in [-0.2, -0.15) is 0 Å². The van der Waals surface area contributed by atoms with E-state index in [-0.39, 0.29) is 6.54 Å². The Hall–Kier alpha value is -0.910. The fourth-order valence-electron chi connectivity index (χ4n) is 1.20. The van der Waals surface area contributed by atoms with E-state index >= 15 is 0 Å². The molecular formula is C8H11N3OS. The lowest BCUT2D eigenvalue weighted by atomic mass is 10.2. The van der Waals surface area contributed by atoms with Crippen molar-refractivity contribution in [3.8, 4) is 0 Å². The van der Waals surface area contributed by atoms with E-state index in [2.05, 4.69) is 4.98 Å². The second-order valence-electron chi connectivity index (χ2n) is 2.92. The highest BCUT2D eigenvalue weighted by Crippen LogP contribution is 2.12. The fraction of sp³-hybridized carbons (Fsp3) is 0.375. The molecule has 0 aliphatic carbocycles. The Morgan fingerprint density at radius 3 is 3.23 bits per heavy atom. The van der Waals surface area contributed by atoms with Crippen molar-refractivity contribution in [2.45, 2.75) is 12.5 Å². The first-order valence-corrected chi connectivity index (χ1v) is 4.97. The molecular weight excluding hydrogens is 186 g/mol. The van der Waals surface area contributed by atoms with Crippen LogP contribution in [-0.4, -0.2) is 27.1 Å². The van der Waals surface area contributed by atoms with Gasteiger partial charge in [0.05, 0.1) is 11.8 Å². The van der Waals surface area contributed by atoms with Gasteiger partial charge >= 0.3 is 0 Å². The Balaban J connectivity index is 2.20. The summed E-state index contributed by atoms with van der Waals surface area (Å²) >= 11 is 1.58. The number of aliphatic hydroxyl groups is 1. The SMILES string of the molecule is NCC(O)Cc1cn2ccsc2n1. The third-order valence-electron chi connectivity index (χ3n) is 1.86. The lowest BCUT2D eigenvalue weighted by Crippen LogP contribution is -2.22. The fourth-order valence-corrected chi connectivity index (χ4v) is 1.92. The van der Waals surface area contributed by atoms with Gasteiger partial charge in [0.15, 0.2) is 4.96 Å². The van der Waals surface area contributed by atoms with Crippen molar-refractivity contribution < 1.29 is 5.11 Å². The third-order valence-corrected chi connectivity index (χ3v) is 2.63. The molecule has 0 amide bonds. The van der Waals surface area contributed by atoms with Crippen LogP contribution in [0.4, 0.5) is 0 Å². The zero-order valence-electron chi connectivity index (χ0n) is 7.05. The molecule has 13 heavy (non-hydrogen) atoms. The van der Waals surface area contributed by atoms with Gasteiger partial charge in [-0.25, -0.2) is 4.98 Å². The maximum Gasteiger partial charge on any atom is 0.193 e. The molecule has 5 heteroatoms. The Morgan fingerprint density at radius 2 is 2.54 bits per heavy atom. The van der Waals surface area contributed by atoms with Crippen LogP contribution in [0.5, 0.6) is 0 Å². The molecule has 1 unspecified atom stereocenters. The number of imidazole rings is 1. The van der Waals surface area contributed by atoms with E-state index in [9.17, 15) is 5.11 Å². The van der Waals surface area contributed by atoms with Crippen molar-refractivity contribution in [1.82, 2.24) is 9.38 Å². The first-order chi connectivity index (χ1) is 6.29. The number of thiazole rings is 1. The summed E-state index contributed by atoms with van der Waals surface area (Å²) in [6.45, 7) is 0.283. The lowest BCUT2D eigenvalue weighted by molar-refractivity contribution is 0.182. The monoisotopic (exact) mass is 197 g/mol. The van der Waals surface area contributed by atoms with Crippen LogP contribution >= 0.6 is 11.3 Å². The zero-order valence-corrected chi connectivity index (χ0v) is 7.87. The molecule has 2 aromatic rings. The Bertz CT molecular complexity index is 366. The summed E-state index contributed by atoms with van der Waals surface area (Å²) in [6.07, 6.45) is 3.92. The predicted octanol–water partition coefficient (Wildman–Crippen LogP) is 0.258. The topological polar surface area (TPSA) is 63.5 Å². The number of nitrogens with zero attached hydrogens (tertiary/aromatic N) is 2. The molecule has 2 aromatic heterocycles. The van der Waals surface area contributed by atoms with Gasteiger partial charge in [0, 0.05) is 30.7 Å². The quantitative estimate of drug-likeness (QED) is 0.741. The molecule has 2 rings (SSSR count). The van der Waals surface area contributed by atoms with E-state index < -0.39 is 6.10 Å². The summed E-state index contributed by atoms with van der Waals surface area (Å²) in [5.41, 5.74) is 6.20.